The Hall–Kier alpha value is -1.02. The monoisotopic (exact) mass is 305 g/mol. The number of aryl methyl sites for hydroxylation is 1. The van der Waals surface area contributed by atoms with Gasteiger partial charge < -0.3 is 4.90 Å². The lowest BCUT2D eigenvalue weighted by atomic mass is 9.79. The van der Waals surface area contributed by atoms with Crippen molar-refractivity contribution in [3.8, 4) is 0 Å². The van der Waals surface area contributed by atoms with Gasteiger partial charge in [-0.25, -0.2) is 0 Å². The van der Waals surface area contributed by atoms with Gasteiger partial charge in [-0.2, -0.15) is 0 Å². The van der Waals surface area contributed by atoms with Crippen LogP contribution in [0.25, 0.3) is 0 Å². The molecule has 1 amide bonds. The number of hydrogen-bond acceptors (Lipinski definition) is 1. The molecule has 1 aromatic carbocycles. The molecule has 1 aromatic rings. The Labute approximate surface area is 132 Å². The molecule has 0 aromatic heterocycles. The Morgan fingerprint density at radius 3 is 2.62 bits per heavy atom. The van der Waals surface area contributed by atoms with Crippen LogP contribution in [0.4, 0.5) is 5.69 Å². The Morgan fingerprint density at radius 1 is 1.19 bits per heavy atom. The molecule has 3 rings (SSSR count). The van der Waals surface area contributed by atoms with Gasteiger partial charge in [-0.15, -0.1) is 11.6 Å². The van der Waals surface area contributed by atoms with E-state index in [1.54, 1.807) is 4.90 Å². The van der Waals surface area contributed by atoms with E-state index in [0.717, 1.165) is 18.0 Å². The molecule has 1 aliphatic carbocycles. The van der Waals surface area contributed by atoms with Crippen LogP contribution in [0.2, 0.25) is 0 Å². The Balaban J connectivity index is 1.79. The number of fused-ring (bicyclic) bond motifs is 1. The first-order chi connectivity index (χ1) is 10.1. The third-order valence-corrected chi connectivity index (χ3v) is 5.85. The highest BCUT2D eigenvalue weighted by Gasteiger charge is 2.27. The van der Waals surface area contributed by atoms with Crippen LogP contribution in [0.15, 0.2) is 18.2 Å². The zero-order chi connectivity index (χ0) is 15.0. The summed E-state index contributed by atoms with van der Waals surface area (Å²) in [5.74, 6) is 1.66. The van der Waals surface area contributed by atoms with E-state index in [1.165, 1.54) is 36.8 Å². The second-order valence-electron chi connectivity index (χ2n) is 6.76. The van der Waals surface area contributed by atoms with Gasteiger partial charge in [0.15, 0.2) is 0 Å². The maximum atomic E-state index is 11.8. The first kappa shape index (κ1) is 14.9. The van der Waals surface area contributed by atoms with Crippen molar-refractivity contribution in [2.75, 3.05) is 11.9 Å². The quantitative estimate of drug-likeness (QED) is 0.725. The fraction of sp³-hybridized carbons (Fsp3) is 0.611. The summed E-state index contributed by atoms with van der Waals surface area (Å²) < 4.78 is 0. The Kier molecular flexibility index (Phi) is 4.26. The standard InChI is InChI=1S/C18H24ClNO/c1-12-3-5-13(6-4-12)18(19)15-7-9-16-14(11-15)8-10-17(21)20(16)2/h7,9,11-13,18H,3-6,8,10H2,1-2H3. The summed E-state index contributed by atoms with van der Waals surface area (Å²) >= 11 is 6.76. The molecule has 1 atom stereocenters. The van der Waals surface area contributed by atoms with Crippen molar-refractivity contribution in [1.82, 2.24) is 0 Å². The van der Waals surface area contributed by atoms with Crippen molar-refractivity contribution in [2.24, 2.45) is 11.8 Å². The fourth-order valence-electron chi connectivity index (χ4n) is 3.70. The Morgan fingerprint density at radius 2 is 1.90 bits per heavy atom. The number of anilines is 1. The number of alkyl halides is 1. The lowest BCUT2D eigenvalue weighted by molar-refractivity contribution is -0.118. The van der Waals surface area contributed by atoms with E-state index in [4.69, 9.17) is 11.6 Å². The van der Waals surface area contributed by atoms with Gasteiger partial charge in [0, 0.05) is 19.2 Å². The molecule has 1 unspecified atom stereocenters. The van der Waals surface area contributed by atoms with Gasteiger partial charge in [-0.05, 0) is 48.3 Å². The van der Waals surface area contributed by atoms with Crippen molar-refractivity contribution in [3.63, 3.8) is 0 Å². The van der Waals surface area contributed by atoms with Crippen LogP contribution in [-0.4, -0.2) is 13.0 Å². The minimum atomic E-state index is 0.116. The predicted molar refractivity (Wildman–Crippen MR) is 87.9 cm³/mol. The second-order valence-corrected chi connectivity index (χ2v) is 7.23. The summed E-state index contributed by atoms with van der Waals surface area (Å²) in [6.45, 7) is 2.34. The number of halogens is 1. The zero-order valence-corrected chi connectivity index (χ0v) is 13.7. The van der Waals surface area contributed by atoms with Crippen LogP contribution in [0.3, 0.4) is 0 Å². The van der Waals surface area contributed by atoms with Gasteiger partial charge in [0.05, 0.1) is 5.38 Å². The first-order valence-electron chi connectivity index (χ1n) is 8.09. The number of hydrogen-bond donors (Lipinski definition) is 0. The zero-order valence-electron chi connectivity index (χ0n) is 12.9. The summed E-state index contributed by atoms with van der Waals surface area (Å²) in [5.41, 5.74) is 3.55. The van der Waals surface area contributed by atoms with Crippen LogP contribution < -0.4 is 4.90 Å². The van der Waals surface area contributed by atoms with Gasteiger partial charge >= 0.3 is 0 Å². The summed E-state index contributed by atoms with van der Waals surface area (Å²) in [6.07, 6.45) is 6.54. The maximum absolute atomic E-state index is 11.8. The average molecular weight is 306 g/mol. The number of carbonyl (C=O) groups excluding carboxylic acids is 1. The van der Waals surface area contributed by atoms with Crippen molar-refractivity contribution in [3.05, 3.63) is 29.3 Å². The highest BCUT2D eigenvalue weighted by molar-refractivity contribution is 6.21. The fourth-order valence-corrected chi connectivity index (χ4v) is 4.09. The molecule has 114 valence electrons. The van der Waals surface area contributed by atoms with Crippen LogP contribution >= 0.6 is 11.6 Å². The molecule has 0 bridgehead atoms. The van der Waals surface area contributed by atoms with E-state index in [1.807, 2.05) is 7.05 Å². The highest BCUT2D eigenvalue weighted by Crippen LogP contribution is 2.41. The largest absolute Gasteiger partial charge is 0.315 e. The smallest absolute Gasteiger partial charge is 0.227 e. The Bertz CT molecular complexity index is 534. The van der Waals surface area contributed by atoms with E-state index < -0.39 is 0 Å². The molecule has 3 heteroatoms. The predicted octanol–water partition coefficient (Wildman–Crippen LogP) is 4.70. The molecular weight excluding hydrogens is 282 g/mol. The molecule has 0 N–H and O–H groups in total. The number of nitrogens with zero attached hydrogens (tertiary/aromatic N) is 1. The van der Waals surface area contributed by atoms with Crippen molar-refractivity contribution in [2.45, 2.75) is 50.8 Å². The van der Waals surface area contributed by atoms with Crippen LogP contribution in [0, 0.1) is 11.8 Å². The second kappa shape index (κ2) is 6.00. The van der Waals surface area contributed by atoms with E-state index in [-0.39, 0.29) is 11.3 Å². The third kappa shape index (κ3) is 2.96. The normalized spacial score (nSPS) is 27.4. The van der Waals surface area contributed by atoms with Gasteiger partial charge in [-0.3, -0.25) is 4.79 Å². The lowest BCUT2D eigenvalue weighted by Crippen LogP contribution is -2.31. The molecule has 0 spiro atoms. The van der Waals surface area contributed by atoms with Crippen LogP contribution in [0.5, 0.6) is 0 Å². The number of carbonyl (C=O) groups is 1. The summed E-state index contributed by atoms with van der Waals surface area (Å²) in [6, 6.07) is 6.42. The maximum Gasteiger partial charge on any atom is 0.227 e. The van der Waals surface area contributed by atoms with Gasteiger partial charge in [0.1, 0.15) is 0 Å². The average Bonchev–Trinajstić information content (AvgIpc) is 2.51. The van der Waals surface area contributed by atoms with Gasteiger partial charge in [-0.1, -0.05) is 31.9 Å². The highest BCUT2D eigenvalue weighted by atomic mass is 35.5. The van der Waals surface area contributed by atoms with Crippen molar-refractivity contribution in [1.29, 1.82) is 0 Å². The van der Waals surface area contributed by atoms with Gasteiger partial charge in [0.25, 0.3) is 0 Å². The number of amides is 1. The number of rotatable bonds is 2. The summed E-state index contributed by atoms with van der Waals surface area (Å²) in [7, 11) is 1.86. The molecule has 1 fully saturated rings. The molecule has 1 heterocycles. The molecule has 1 aliphatic heterocycles. The molecule has 0 radical (unpaired) electrons. The van der Waals surface area contributed by atoms with Crippen molar-refractivity contribution >= 4 is 23.2 Å². The molecule has 2 nitrogen and oxygen atoms in total. The summed E-state index contributed by atoms with van der Waals surface area (Å²) in [4.78, 5) is 13.5. The number of benzene rings is 1. The summed E-state index contributed by atoms with van der Waals surface area (Å²) in [5, 5.41) is 0.116. The van der Waals surface area contributed by atoms with Gasteiger partial charge in [0.2, 0.25) is 5.91 Å². The van der Waals surface area contributed by atoms with E-state index in [9.17, 15) is 4.79 Å². The van der Waals surface area contributed by atoms with Crippen molar-refractivity contribution < 1.29 is 4.79 Å². The molecular formula is C18H24ClNO. The molecule has 1 saturated carbocycles. The lowest BCUT2D eigenvalue weighted by Gasteiger charge is -2.31. The van der Waals surface area contributed by atoms with Crippen LogP contribution in [0.1, 0.15) is 55.5 Å². The SMILES string of the molecule is CC1CCC(C(Cl)c2ccc3c(c2)CCC(=O)N3C)CC1. The molecule has 21 heavy (non-hydrogen) atoms. The van der Waals surface area contributed by atoms with E-state index >= 15 is 0 Å². The minimum absolute atomic E-state index is 0.116. The van der Waals surface area contributed by atoms with E-state index in [0.29, 0.717) is 12.3 Å². The molecule has 2 aliphatic rings. The molecule has 0 saturated heterocycles. The first-order valence-corrected chi connectivity index (χ1v) is 8.53. The topological polar surface area (TPSA) is 20.3 Å². The minimum Gasteiger partial charge on any atom is -0.315 e. The third-order valence-electron chi connectivity index (χ3n) is 5.24. The van der Waals surface area contributed by atoms with Crippen LogP contribution in [-0.2, 0) is 11.2 Å². The van der Waals surface area contributed by atoms with E-state index in [2.05, 4.69) is 25.1 Å².